The van der Waals surface area contributed by atoms with Crippen molar-refractivity contribution >= 4 is 23.4 Å². The van der Waals surface area contributed by atoms with Gasteiger partial charge in [0.05, 0.1) is 17.7 Å². The molecule has 0 aliphatic carbocycles. The number of hydrogen-bond acceptors (Lipinski definition) is 5. The van der Waals surface area contributed by atoms with Gasteiger partial charge >= 0.3 is 0 Å². The van der Waals surface area contributed by atoms with Gasteiger partial charge in [0.15, 0.2) is 0 Å². The van der Waals surface area contributed by atoms with E-state index in [9.17, 15) is 14.4 Å². The molecule has 0 saturated carbocycles. The predicted octanol–water partition coefficient (Wildman–Crippen LogP) is 2.56. The quantitative estimate of drug-likeness (QED) is 0.622. The van der Waals surface area contributed by atoms with E-state index in [1.54, 1.807) is 17.3 Å². The molecule has 1 unspecified atom stereocenters. The predicted molar refractivity (Wildman–Crippen MR) is 120 cm³/mol. The molecular formula is C24H23N5O3. The van der Waals surface area contributed by atoms with Gasteiger partial charge < -0.3 is 14.8 Å². The summed E-state index contributed by atoms with van der Waals surface area (Å²) in [6.45, 7) is 0.339. The summed E-state index contributed by atoms with van der Waals surface area (Å²) in [6.07, 6.45) is 2.37. The van der Waals surface area contributed by atoms with Crippen LogP contribution in [-0.4, -0.2) is 45.3 Å². The Morgan fingerprint density at radius 1 is 1.09 bits per heavy atom. The number of imidazole rings is 1. The number of benzene rings is 2. The Bertz CT molecular complexity index is 1260. The fraction of sp³-hybridized carbons (Fsp3) is 0.250. The number of aryl methyl sites for hydroxylation is 1. The number of nitrogens with zero attached hydrogens (tertiary/aromatic N) is 3. The molecule has 2 aliphatic rings. The van der Waals surface area contributed by atoms with Crippen LogP contribution >= 0.6 is 0 Å². The summed E-state index contributed by atoms with van der Waals surface area (Å²) in [5.41, 5.74) is 6.21. The van der Waals surface area contributed by atoms with E-state index in [0.717, 1.165) is 33.8 Å². The first kappa shape index (κ1) is 20.0. The van der Waals surface area contributed by atoms with Gasteiger partial charge in [0.25, 0.3) is 5.91 Å². The summed E-state index contributed by atoms with van der Waals surface area (Å²) in [6, 6.07) is 13.2. The minimum Gasteiger partial charge on any atom is -0.388 e. The third-order valence-corrected chi connectivity index (χ3v) is 6.16. The van der Waals surface area contributed by atoms with Gasteiger partial charge in [0.1, 0.15) is 6.04 Å². The molecule has 0 radical (unpaired) electrons. The van der Waals surface area contributed by atoms with Crippen molar-refractivity contribution in [1.82, 2.24) is 19.8 Å². The molecule has 2 aliphatic heterocycles. The van der Waals surface area contributed by atoms with Crippen molar-refractivity contribution in [3.8, 4) is 22.5 Å². The Balaban J connectivity index is 1.49. The van der Waals surface area contributed by atoms with Crippen LogP contribution in [0.4, 0.5) is 5.69 Å². The number of nitrogens with one attached hydrogen (secondary N) is 2. The fourth-order valence-electron chi connectivity index (χ4n) is 4.53. The van der Waals surface area contributed by atoms with Gasteiger partial charge in [-0.25, -0.2) is 4.98 Å². The number of fused-ring (bicyclic) bond motifs is 1. The zero-order valence-electron chi connectivity index (χ0n) is 17.9. The first-order valence-electron chi connectivity index (χ1n) is 10.5. The van der Waals surface area contributed by atoms with Crippen LogP contribution in [0.3, 0.4) is 0 Å². The van der Waals surface area contributed by atoms with Gasteiger partial charge in [-0.05, 0) is 36.2 Å². The highest BCUT2D eigenvalue weighted by atomic mass is 16.2. The van der Waals surface area contributed by atoms with Gasteiger partial charge in [-0.1, -0.05) is 18.2 Å². The zero-order chi connectivity index (χ0) is 22.4. The van der Waals surface area contributed by atoms with Gasteiger partial charge in [-0.3, -0.25) is 19.7 Å². The summed E-state index contributed by atoms with van der Waals surface area (Å²) >= 11 is 0. The van der Waals surface area contributed by atoms with Gasteiger partial charge in [0, 0.05) is 49.4 Å². The summed E-state index contributed by atoms with van der Waals surface area (Å²) in [5, 5.41) is 5.50. The van der Waals surface area contributed by atoms with E-state index in [-0.39, 0.29) is 18.2 Å². The lowest BCUT2D eigenvalue weighted by molar-refractivity contribution is -0.136. The van der Waals surface area contributed by atoms with Crippen LogP contribution in [0, 0.1) is 0 Å². The fourth-order valence-corrected chi connectivity index (χ4v) is 4.53. The van der Waals surface area contributed by atoms with Crippen LogP contribution < -0.4 is 10.6 Å². The van der Waals surface area contributed by atoms with E-state index >= 15 is 0 Å². The van der Waals surface area contributed by atoms with Crippen LogP contribution in [-0.2, 0) is 23.2 Å². The first-order chi connectivity index (χ1) is 15.5. The van der Waals surface area contributed by atoms with E-state index < -0.39 is 11.9 Å². The lowest BCUT2D eigenvalue weighted by Gasteiger charge is -2.29. The second-order valence-electron chi connectivity index (χ2n) is 8.16. The van der Waals surface area contributed by atoms with E-state index in [1.165, 1.54) is 0 Å². The number of piperidine rings is 1. The number of amides is 3. The molecule has 8 nitrogen and oxygen atoms in total. The Morgan fingerprint density at radius 2 is 1.94 bits per heavy atom. The van der Waals surface area contributed by atoms with Crippen LogP contribution in [0.1, 0.15) is 28.8 Å². The molecule has 3 aromatic rings. The third-order valence-electron chi connectivity index (χ3n) is 6.16. The molecule has 1 aromatic heterocycles. The monoisotopic (exact) mass is 429 g/mol. The van der Waals surface area contributed by atoms with Gasteiger partial charge in [0.2, 0.25) is 11.8 Å². The van der Waals surface area contributed by atoms with Crippen LogP contribution in [0.2, 0.25) is 0 Å². The largest absolute Gasteiger partial charge is 0.388 e. The minimum atomic E-state index is -0.620. The molecule has 0 bridgehead atoms. The maximum atomic E-state index is 13.0. The van der Waals surface area contributed by atoms with Crippen LogP contribution in [0.15, 0.2) is 48.8 Å². The molecule has 0 spiro atoms. The molecule has 3 heterocycles. The first-order valence-corrected chi connectivity index (χ1v) is 10.5. The number of imide groups is 1. The molecule has 1 fully saturated rings. The van der Waals surface area contributed by atoms with Crippen molar-refractivity contribution in [3.05, 3.63) is 59.9 Å². The summed E-state index contributed by atoms with van der Waals surface area (Å²) in [7, 11) is 3.84. The summed E-state index contributed by atoms with van der Waals surface area (Å²) in [5.74, 6) is -0.870. The number of carbonyl (C=O) groups excluding carboxylic acids is 3. The number of aromatic nitrogens is 2. The SMILES string of the molecule is CNc1cccc(-c2c(-c3ccc4c(c3)CN(C3CCC(=O)NC3=O)C4=O)ncn2C)c1. The van der Waals surface area contributed by atoms with Crippen LogP contribution in [0.5, 0.6) is 0 Å². The smallest absolute Gasteiger partial charge is 0.255 e. The molecular weight excluding hydrogens is 406 g/mol. The Kier molecular flexibility index (Phi) is 4.77. The molecule has 32 heavy (non-hydrogen) atoms. The van der Waals surface area contributed by atoms with Crippen molar-refractivity contribution in [2.45, 2.75) is 25.4 Å². The summed E-state index contributed by atoms with van der Waals surface area (Å²) < 4.78 is 1.98. The number of carbonyl (C=O) groups is 3. The second kappa shape index (κ2) is 7.64. The maximum Gasteiger partial charge on any atom is 0.255 e. The zero-order valence-corrected chi connectivity index (χ0v) is 17.9. The lowest BCUT2D eigenvalue weighted by Crippen LogP contribution is -2.52. The average molecular weight is 429 g/mol. The van der Waals surface area contributed by atoms with Crippen molar-refractivity contribution < 1.29 is 14.4 Å². The standard InChI is InChI=1S/C24H23N5O3/c1-25-17-5-3-4-15(11-17)22-21(26-13-28(22)2)14-6-7-18-16(10-14)12-29(24(18)32)19-8-9-20(30)27-23(19)31/h3-7,10-11,13,19,25H,8-9,12H2,1-2H3,(H,27,30,31). The Morgan fingerprint density at radius 3 is 2.72 bits per heavy atom. The molecule has 3 amide bonds. The highest BCUT2D eigenvalue weighted by Gasteiger charge is 2.39. The van der Waals surface area contributed by atoms with Gasteiger partial charge in [-0.15, -0.1) is 0 Å². The van der Waals surface area contributed by atoms with Crippen molar-refractivity contribution in [2.24, 2.45) is 7.05 Å². The van der Waals surface area contributed by atoms with Crippen molar-refractivity contribution in [2.75, 3.05) is 12.4 Å². The number of hydrogen-bond donors (Lipinski definition) is 2. The molecule has 1 saturated heterocycles. The highest BCUT2D eigenvalue weighted by Crippen LogP contribution is 2.35. The van der Waals surface area contributed by atoms with E-state index in [4.69, 9.17) is 0 Å². The second-order valence-corrected chi connectivity index (χ2v) is 8.16. The topological polar surface area (TPSA) is 96.3 Å². The molecule has 162 valence electrons. The highest BCUT2D eigenvalue weighted by molar-refractivity contribution is 6.05. The Hall–Kier alpha value is -3.94. The number of rotatable bonds is 4. The molecule has 5 rings (SSSR count). The third kappa shape index (κ3) is 3.24. The van der Waals surface area contributed by atoms with Crippen molar-refractivity contribution in [3.63, 3.8) is 0 Å². The lowest BCUT2D eigenvalue weighted by atomic mass is 10.0. The summed E-state index contributed by atoms with van der Waals surface area (Å²) in [4.78, 5) is 42.9. The minimum absolute atomic E-state index is 0.177. The number of anilines is 1. The molecule has 8 heteroatoms. The van der Waals surface area contributed by atoms with Crippen molar-refractivity contribution in [1.29, 1.82) is 0 Å². The van der Waals surface area contributed by atoms with Gasteiger partial charge in [-0.2, -0.15) is 0 Å². The molecule has 2 aromatic carbocycles. The average Bonchev–Trinajstić information content (AvgIpc) is 3.33. The van der Waals surface area contributed by atoms with Crippen LogP contribution in [0.25, 0.3) is 22.5 Å². The normalized spacial score (nSPS) is 18.0. The Labute approximate surface area is 185 Å². The maximum absolute atomic E-state index is 13.0. The molecule has 2 N–H and O–H groups in total. The molecule has 1 atom stereocenters. The van der Waals surface area contributed by atoms with E-state index in [2.05, 4.69) is 21.7 Å². The van der Waals surface area contributed by atoms with E-state index in [0.29, 0.717) is 18.5 Å². The van der Waals surface area contributed by atoms with E-state index in [1.807, 2.05) is 49.0 Å².